The van der Waals surface area contributed by atoms with Gasteiger partial charge in [0.05, 0.1) is 34.5 Å². The van der Waals surface area contributed by atoms with E-state index in [0.717, 1.165) is 24.8 Å². The summed E-state index contributed by atoms with van der Waals surface area (Å²) >= 11 is 0. The molecule has 0 saturated carbocycles. The molecule has 0 bridgehead atoms. The molecule has 0 aliphatic rings. The van der Waals surface area contributed by atoms with Crippen LogP contribution in [0, 0.1) is 0 Å². The predicted octanol–water partition coefficient (Wildman–Crippen LogP) is 6.88. The third kappa shape index (κ3) is 19.4. The largest absolute Gasteiger partial charge is 0.493 e. The lowest BCUT2D eigenvalue weighted by Crippen LogP contribution is -2.42. The summed E-state index contributed by atoms with van der Waals surface area (Å²) in [5.74, 6) is -0.694. The molecule has 0 heterocycles. The first-order valence-corrected chi connectivity index (χ1v) is 17.6. The molecule has 0 spiro atoms. The van der Waals surface area contributed by atoms with Crippen LogP contribution in [-0.2, 0) is 30.4 Å². The van der Waals surface area contributed by atoms with Crippen molar-refractivity contribution in [3.63, 3.8) is 0 Å². The number of esters is 1. The van der Waals surface area contributed by atoms with Gasteiger partial charge < -0.3 is 34.1 Å². The number of unbranched alkanes of at least 4 members (excludes halogenated alkanes) is 14. The number of nitrogens with one attached hydrogen (secondary N) is 1. The number of carbonyl (C=O) groups is 3. The van der Waals surface area contributed by atoms with Crippen LogP contribution in [0.2, 0.25) is 0 Å². The first kappa shape index (κ1) is 42.0. The highest BCUT2D eigenvalue weighted by molar-refractivity contribution is 5.82. The van der Waals surface area contributed by atoms with Crippen molar-refractivity contribution in [1.82, 2.24) is 10.2 Å². The number of nitrogens with zero attached hydrogens (tertiary/aromatic N) is 1. The Balaban J connectivity index is 2.74. The van der Waals surface area contributed by atoms with Gasteiger partial charge in [-0.15, -0.1) is 0 Å². The second-order valence-corrected chi connectivity index (χ2v) is 11.9. The third-order valence-electron chi connectivity index (χ3n) is 8.05. The number of amides is 1. The van der Waals surface area contributed by atoms with Crippen molar-refractivity contribution in [2.75, 3.05) is 47.6 Å². The fourth-order valence-corrected chi connectivity index (χ4v) is 5.56. The number of carboxylic acids is 1. The summed E-state index contributed by atoms with van der Waals surface area (Å²) in [5.41, 5.74) is 0.734. The molecule has 1 atom stereocenters. The van der Waals surface area contributed by atoms with Crippen molar-refractivity contribution in [3.8, 4) is 17.2 Å². The summed E-state index contributed by atoms with van der Waals surface area (Å²) in [6.07, 6.45) is 18.6. The summed E-state index contributed by atoms with van der Waals surface area (Å²) < 4.78 is 27.3. The number of aliphatic carboxylic acids is 1. The molecule has 1 unspecified atom stereocenters. The first-order valence-electron chi connectivity index (χ1n) is 17.6. The van der Waals surface area contributed by atoms with Gasteiger partial charge in [-0.25, -0.2) is 0 Å². The van der Waals surface area contributed by atoms with E-state index in [-0.39, 0.29) is 32.8 Å². The van der Waals surface area contributed by atoms with Crippen LogP contribution >= 0.6 is 0 Å². The van der Waals surface area contributed by atoms with Crippen molar-refractivity contribution < 1.29 is 43.2 Å². The topological polar surface area (TPSA) is 133 Å². The Morgan fingerprint density at radius 1 is 0.766 bits per heavy atom. The molecule has 1 aromatic carbocycles. The van der Waals surface area contributed by atoms with E-state index in [9.17, 15) is 19.5 Å². The number of hydrogen-bond acceptors (Lipinski definition) is 9. The van der Waals surface area contributed by atoms with Crippen LogP contribution in [0.15, 0.2) is 12.1 Å². The van der Waals surface area contributed by atoms with Crippen molar-refractivity contribution in [1.29, 1.82) is 0 Å². The average Bonchev–Trinajstić information content (AvgIpc) is 3.05. The molecule has 0 saturated heterocycles. The van der Waals surface area contributed by atoms with Gasteiger partial charge in [-0.05, 0) is 37.5 Å². The molecule has 0 aliphatic carbocycles. The van der Waals surface area contributed by atoms with Gasteiger partial charge in [-0.3, -0.25) is 19.3 Å². The van der Waals surface area contributed by atoms with E-state index in [2.05, 4.69) is 12.2 Å². The third-order valence-corrected chi connectivity index (χ3v) is 8.05. The Hall–Kier alpha value is -3.05. The molecule has 47 heavy (non-hydrogen) atoms. The van der Waals surface area contributed by atoms with Crippen LogP contribution in [0.25, 0.3) is 0 Å². The highest BCUT2D eigenvalue weighted by Gasteiger charge is 2.24. The van der Waals surface area contributed by atoms with E-state index in [1.165, 1.54) is 98.4 Å². The van der Waals surface area contributed by atoms with Crippen LogP contribution in [0.4, 0.5) is 0 Å². The molecule has 270 valence electrons. The van der Waals surface area contributed by atoms with Crippen LogP contribution in [0.5, 0.6) is 17.2 Å². The zero-order chi connectivity index (χ0) is 34.7. The minimum Gasteiger partial charge on any atom is -0.493 e. The molecule has 1 amide bonds. The lowest BCUT2D eigenvalue weighted by molar-refractivity contribution is -0.149. The van der Waals surface area contributed by atoms with Gasteiger partial charge in [0, 0.05) is 6.54 Å². The number of benzene rings is 1. The van der Waals surface area contributed by atoms with E-state index in [1.807, 2.05) is 0 Å². The van der Waals surface area contributed by atoms with Gasteiger partial charge in [-0.2, -0.15) is 0 Å². The zero-order valence-corrected chi connectivity index (χ0v) is 29.7. The van der Waals surface area contributed by atoms with Crippen molar-refractivity contribution in [2.24, 2.45) is 0 Å². The van der Waals surface area contributed by atoms with Crippen molar-refractivity contribution in [2.45, 2.75) is 129 Å². The summed E-state index contributed by atoms with van der Waals surface area (Å²) in [5, 5.41) is 12.3. The van der Waals surface area contributed by atoms with Crippen LogP contribution in [-0.4, -0.2) is 81.7 Å². The van der Waals surface area contributed by atoms with Gasteiger partial charge in [0.2, 0.25) is 11.7 Å². The Bertz CT molecular complexity index is 980. The standard InChI is InChI=1S/C36H62N2O9/c1-6-8-9-10-11-12-13-14-15-16-17-18-19-20-21-22-33(47-28-32(39)37-25-35(42)46-7-2)38(27-34(40)41)26-29-23-30(43-3)36(45-5)31(24-29)44-4/h23-24,33H,6-22,25-28H2,1-5H3,(H,37,39)(H,40,41). The molecule has 2 N–H and O–H groups in total. The highest BCUT2D eigenvalue weighted by atomic mass is 16.5. The number of rotatable bonds is 30. The van der Waals surface area contributed by atoms with Gasteiger partial charge in [0.25, 0.3) is 0 Å². The van der Waals surface area contributed by atoms with Gasteiger partial charge in [-0.1, -0.05) is 96.8 Å². The Morgan fingerprint density at radius 3 is 1.72 bits per heavy atom. The van der Waals surface area contributed by atoms with Crippen LogP contribution < -0.4 is 19.5 Å². The lowest BCUT2D eigenvalue weighted by Gasteiger charge is -2.31. The first-order chi connectivity index (χ1) is 22.8. The molecular formula is C36H62N2O9. The van der Waals surface area contributed by atoms with E-state index in [4.69, 9.17) is 23.7 Å². The Morgan fingerprint density at radius 2 is 1.28 bits per heavy atom. The summed E-state index contributed by atoms with van der Waals surface area (Å²) in [6, 6.07) is 3.54. The number of hydrogen-bond donors (Lipinski definition) is 2. The fourth-order valence-electron chi connectivity index (χ4n) is 5.56. The molecule has 0 aliphatic heterocycles. The quantitative estimate of drug-likeness (QED) is 0.0509. The van der Waals surface area contributed by atoms with E-state index >= 15 is 0 Å². The van der Waals surface area contributed by atoms with Gasteiger partial charge in [0.1, 0.15) is 19.4 Å². The van der Waals surface area contributed by atoms with E-state index < -0.39 is 24.1 Å². The van der Waals surface area contributed by atoms with E-state index in [0.29, 0.717) is 23.7 Å². The Labute approximate surface area is 283 Å². The SMILES string of the molecule is CCCCCCCCCCCCCCCCCC(OCC(=O)NCC(=O)OCC)N(CC(=O)O)Cc1cc(OC)c(OC)c(OC)c1. The van der Waals surface area contributed by atoms with Crippen LogP contribution in [0.3, 0.4) is 0 Å². The van der Waals surface area contributed by atoms with Gasteiger partial charge in [0.15, 0.2) is 11.5 Å². The minimum absolute atomic E-state index is 0.205. The smallest absolute Gasteiger partial charge is 0.325 e. The molecular weight excluding hydrogens is 604 g/mol. The van der Waals surface area contributed by atoms with Crippen molar-refractivity contribution >= 4 is 17.8 Å². The summed E-state index contributed by atoms with van der Waals surface area (Å²) in [6.45, 7) is 3.48. The molecule has 1 aromatic rings. The zero-order valence-electron chi connectivity index (χ0n) is 29.7. The monoisotopic (exact) mass is 666 g/mol. The number of methoxy groups -OCH3 is 3. The summed E-state index contributed by atoms with van der Waals surface area (Å²) in [7, 11) is 4.56. The van der Waals surface area contributed by atoms with E-state index in [1.54, 1.807) is 24.0 Å². The maximum atomic E-state index is 12.5. The summed E-state index contributed by atoms with van der Waals surface area (Å²) in [4.78, 5) is 37.8. The molecule has 0 radical (unpaired) electrons. The molecule has 11 heteroatoms. The maximum absolute atomic E-state index is 12.5. The molecule has 0 aromatic heterocycles. The normalized spacial score (nSPS) is 11.7. The second-order valence-electron chi connectivity index (χ2n) is 11.9. The predicted molar refractivity (Wildman–Crippen MR) is 183 cm³/mol. The van der Waals surface area contributed by atoms with Crippen molar-refractivity contribution in [3.05, 3.63) is 17.7 Å². The van der Waals surface area contributed by atoms with Gasteiger partial charge >= 0.3 is 11.9 Å². The molecule has 1 rings (SSSR count). The lowest BCUT2D eigenvalue weighted by atomic mass is 10.0. The molecule has 11 nitrogen and oxygen atoms in total. The number of carboxylic acid groups (broad SMARTS) is 1. The van der Waals surface area contributed by atoms with Crippen LogP contribution in [0.1, 0.15) is 122 Å². The minimum atomic E-state index is -1.02. The molecule has 0 fully saturated rings. The highest BCUT2D eigenvalue weighted by Crippen LogP contribution is 2.38. The Kier molecular flexibility index (Phi) is 24.1. The fraction of sp³-hybridized carbons (Fsp3) is 0.750. The number of carbonyl (C=O) groups excluding carboxylic acids is 2. The maximum Gasteiger partial charge on any atom is 0.325 e. The second kappa shape index (κ2) is 27.0. The average molecular weight is 667 g/mol. The number of ether oxygens (including phenoxy) is 5.